The lowest BCUT2D eigenvalue weighted by Gasteiger charge is -2.43. The molecule has 1 saturated heterocycles. The molecule has 0 N–H and O–H groups in total. The molecular weight excluding hydrogens is 496 g/mol. The summed E-state index contributed by atoms with van der Waals surface area (Å²) >= 11 is 6.24. The number of likely N-dealkylation sites (tertiary alicyclic amines) is 1. The molecule has 1 aliphatic rings. The topological polar surface area (TPSA) is 50.6 Å². The second-order valence-corrected chi connectivity index (χ2v) is 11.3. The number of carbonyl (C=O) groups is 1. The first-order valence-electron chi connectivity index (χ1n) is 13.7. The quantitative estimate of drug-likeness (QED) is 0.290. The second-order valence-electron chi connectivity index (χ2n) is 10.9. The van der Waals surface area contributed by atoms with Gasteiger partial charge in [-0.3, -0.25) is 14.4 Å². The fourth-order valence-electron chi connectivity index (χ4n) is 5.42. The lowest BCUT2D eigenvalue weighted by Crippen LogP contribution is -2.48. The zero-order chi connectivity index (χ0) is 27.1. The summed E-state index contributed by atoms with van der Waals surface area (Å²) in [6.07, 6.45) is 5.51. The van der Waals surface area contributed by atoms with Gasteiger partial charge in [0.25, 0.3) is 0 Å². The lowest BCUT2D eigenvalue weighted by atomic mass is 9.77. The minimum Gasteiger partial charge on any atom is -0.493 e. The van der Waals surface area contributed by atoms with Crippen molar-refractivity contribution >= 4 is 17.5 Å². The molecule has 1 fully saturated rings. The molecule has 204 valence electrons. The van der Waals surface area contributed by atoms with Crippen molar-refractivity contribution in [2.24, 2.45) is 5.41 Å². The molecule has 2 aromatic carbocycles. The van der Waals surface area contributed by atoms with Crippen LogP contribution in [0.3, 0.4) is 0 Å². The van der Waals surface area contributed by atoms with Crippen molar-refractivity contribution in [2.75, 3.05) is 26.7 Å². The molecular formula is C31H41ClN4O2. The number of hydrogen-bond acceptors (Lipinski definition) is 4. The summed E-state index contributed by atoms with van der Waals surface area (Å²) in [5.41, 5.74) is 4.34. The Morgan fingerprint density at radius 2 is 1.97 bits per heavy atom. The maximum atomic E-state index is 13.5. The Morgan fingerprint density at radius 3 is 2.71 bits per heavy atom. The highest BCUT2D eigenvalue weighted by Crippen LogP contribution is 2.36. The van der Waals surface area contributed by atoms with Crippen molar-refractivity contribution in [3.63, 3.8) is 0 Å². The molecule has 7 heteroatoms. The van der Waals surface area contributed by atoms with E-state index in [9.17, 15) is 4.79 Å². The molecule has 38 heavy (non-hydrogen) atoms. The molecule has 0 unspecified atom stereocenters. The van der Waals surface area contributed by atoms with E-state index in [1.54, 1.807) is 0 Å². The molecule has 2 heterocycles. The predicted octanol–water partition coefficient (Wildman–Crippen LogP) is 6.27. The average Bonchev–Trinajstić information content (AvgIpc) is 3.24. The van der Waals surface area contributed by atoms with E-state index in [0.717, 1.165) is 67.3 Å². The van der Waals surface area contributed by atoms with E-state index < -0.39 is 0 Å². The van der Waals surface area contributed by atoms with Gasteiger partial charge in [0.05, 0.1) is 12.8 Å². The fourth-order valence-corrected chi connectivity index (χ4v) is 5.54. The van der Waals surface area contributed by atoms with Gasteiger partial charge in [-0.25, -0.2) is 0 Å². The highest BCUT2D eigenvalue weighted by Gasteiger charge is 2.39. The van der Waals surface area contributed by atoms with Gasteiger partial charge in [0.15, 0.2) is 0 Å². The van der Waals surface area contributed by atoms with E-state index >= 15 is 0 Å². The van der Waals surface area contributed by atoms with E-state index in [1.807, 2.05) is 61.5 Å². The van der Waals surface area contributed by atoms with Crippen LogP contribution in [0.4, 0.5) is 0 Å². The van der Waals surface area contributed by atoms with Crippen LogP contribution in [0, 0.1) is 19.3 Å². The van der Waals surface area contributed by atoms with Crippen molar-refractivity contribution < 1.29 is 9.53 Å². The van der Waals surface area contributed by atoms with E-state index in [2.05, 4.69) is 40.7 Å². The standard InChI is InChI=1S/C31H41ClN4O2/c1-5-15-36-25(3)27(19-33-36)21-35-16-9-14-31(22-35,23-38-28-12-13-29(32)24(2)17-28)18-30(37)34(4)20-26-10-7-6-8-11-26/h6-8,10-13,17,19H,5,9,14-16,18,20-23H2,1-4H3/t31-/m1/s1. The molecule has 1 amide bonds. The third-order valence-corrected chi connectivity index (χ3v) is 8.09. The maximum absolute atomic E-state index is 13.5. The van der Waals surface area contributed by atoms with Crippen LogP contribution in [0.2, 0.25) is 5.02 Å². The largest absolute Gasteiger partial charge is 0.493 e. The first kappa shape index (κ1) is 28.2. The van der Waals surface area contributed by atoms with E-state index in [1.165, 1.54) is 11.3 Å². The van der Waals surface area contributed by atoms with Gasteiger partial charge in [0.2, 0.25) is 5.91 Å². The van der Waals surface area contributed by atoms with Crippen LogP contribution in [-0.2, 0) is 24.4 Å². The summed E-state index contributed by atoms with van der Waals surface area (Å²) < 4.78 is 8.47. The number of nitrogens with zero attached hydrogens (tertiary/aromatic N) is 4. The number of rotatable bonds is 11. The van der Waals surface area contributed by atoms with Crippen LogP contribution in [0.5, 0.6) is 5.75 Å². The highest BCUT2D eigenvalue weighted by atomic mass is 35.5. The van der Waals surface area contributed by atoms with E-state index in [4.69, 9.17) is 16.3 Å². The number of aryl methyl sites for hydroxylation is 2. The van der Waals surface area contributed by atoms with E-state index in [-0.39, 0.29) is 11.3 Å². The Labute approximate surface area is 232 Å². The number of carbonyl (C=O) groups excluding carboxylic acids is 1. The number of aromatic nitrogens is 2. The van der Waals surface area contributed by atoms with Crippen molar-refractivity contribution in [3.8, 4) is 5.75 Å². The van der Waals surface area contributed by atoms with E-state index in [0.29, 0.717) is 19.6 Å². The number of halogens is 1. The molecule has 1 aromatic heterocycles. The summed E-state index contributed by atoms with van der Waals surface area (Å²) in [6, 6.07) is 15.9. The molecule has 0 aliphatic carbocycles. The Kier molecular flexibility index (Phi) is 9.50. The zero-order valence-corrected chi connectivity index (χ0v) is 24.0. The van der Waals surface area contributed by atoms with Gasteiger partial charge in [-0.05, 0) is 69.0 Å². The van der Waals surface area contributed by atoms with Gasteiger partial charge in [-0.2, -0.15) is 5.10 Å². The smallest absolute Gasteiger partial charge is 0.223 e. The van der Waals surface area contributed by atoms with Gasteiger partial charge < -0.3 is 9.64 Å². The molecule has 0 saturated carbocycles. The molecule has 1 aliphatic heterocycles. The Morgan fingerprint density at radius 1 is 1.18 bits per heavy atom. The number of hydrogen-bond donors (Lipinski definition) is 0. The summed E-state index contributed by atoms with van der Waals surface area (Å²) in [5.74, 6) is 0.948. The van der Waals surface area contributed by atoms with Gasteiger partial charge in [-0.1, -0.05) is 48.9 Å². The zero-order valence-electron chi connectivity index (χ0n) is 23.3. The summed E-state index contributed by atoms with van der Waals surface area (Å²) in [4.78, 5) is 17.9. The second kappa shape index (κ2) is 12.8. The van der Waals surface area contributed by atoms with Gasteiger partial charge in [0, 0.05) is 61.3 Å². The normalized spacial score (nSPS) is 17.9. The van der Waals surface area contributed by atoms with Crippen LogP contribution < -0.4 is 4.74 Å². The van der Waals surface area contributed by atoms with Gasteiger partial charge in [-0.15, -0.1) is 0 Å². The molecule has 3 aromatic rings. The van der Waals surface area contributed by atoms with Crippen molar-refractivity contribution in [3.05, 3.63) is 82.1 Å². The molecule has 4 rings (SSSR count). The van der Waals surface area contributed by atoms with Crippen molar-refractivity contribution in [2.45, 2.75) is 66.1 Å². The highest BCUT2D eigenvalue weighted by molar-refractivity contribution is 6.31. The Hall–Kier alpha value is -2.83. The SMILES string of the molecule is CCCn1ncc(CN2CCC[C@@](COc3ccc(Cl)c(C)c3)(CC(=O)N(C)Cc3ccccc3)C2)c1C. The van der Waals surface area contributed by atoms with Crippen LogP contribution in [0.15, 0.2) is 54.7 Å². The maximum Gasteiger partial charge on any atom is 0.223 e. The first-order chi connectivity index (χ1) is 18.3. The minimum atomic E-state index is -0.277. The van der Waals surface area contributed by atoms with Gasteiger partial charge in [0.1, 0.15) is 5.75 Å². The monoisotopic (exact) mass is 536 g/mol. The first-order valence-corrected chi connectivity index (χ1v) is 14.1. The summed E-state index contributed by atoms with van der Waals surface area (Å²) in [6.45, 7) is 11.0. The number of ether oxygens (including phenoxy) is 1. The number of amides is 1. The van der Waals surface area contributed by atoms with Crippen molar-refractivity contribution in [1.29, 1.82) is 0 Å². The van der Waals surface area contributed by atoms with Crippen LogP contribution in [-0.4, -0.2) is 52.2 Å². The lowest BCUT2D eigenvalue weighted by molar-refractivity contribution is -0.135. The predicted molar refractivity (Wildman–Crippen MR) is 153 cm³/mol. The van der Waals surface area contributed by atoms with Crippen LogP contribution in [0.25, 0.3) is 0 Å². The summed E-state index contributed by atoms with van der Waals surface area (Å²) in [5, 5.41) is 5.33. The molecule has 6 nitrogen and oxygen atoms in total. The van der Waals surface area contributed by atoms with Gasteiger partial charge >= 0.3 is 0 Å². The fraction of sp³-hybridized carbons (Fsp3) is 0.484. The molecule has 1 atom stereocenters. The molecule has 0 radical (unpaired) electrons. The van der Waals surface area contributed by atoms with Crippen molar-refractivity contribution in [1.82, 2.24) is 19.6 Å². The Bertz CT molecular complexity index is 1210. The Balaban J connectivity index is 1.50. The summed E-state index contributed by atoms with van der Waals surface area (Å²) in [7, 11) is 1.90. The third-order valence-electron chi connectivity index (χ3n) is 7.66. The van der Waals surface area contributed by atoms with Crippen LogP contribution in [0.1, 0.15) is 55.0 Å². The third kappa shape index (κ3) is 7.17. The van der Waals surface area contributed by atoms with Crippen LogP contribution >= 0.6 is 11.6 Å². The number of piperidine rings is 1. The average molecular weight is 537 g/mol. The molecule has 0 spiro atoms. The molecule has 0 bridgehead atoms. The number of benzene rings is 2. The minimum absolute atomic E-state index is 0.151.